The molecule has 2 saturated heterocycles. The predicted molar refractivity (Wildman–Crippen MR) is 66.5 cm³/mol. The van der Waals surface area contributed by atoms with Gasteiger partial charge in [0.25, 0.3) is 0 Å². The van der Waals surface area contributed by atoms with Gasteiger partial charge >= 0.3 is 0 Å². The highest BCUT2D eigenvalue weighted by Gasteiger charge is 2.32. The molecule has 2 N–H and O–H groups in total. The van der Waals surface area contributed by atoms with Crippen molar-refractivity contribution in [3.8, 4) is 0 Å². The van der Waals surface area contributed by atoms with Gasteiger partial charge in [0.05, 0.1) is 0 Å². The SMILES string of the molecule is C[C@@H]1CN(C(=O)CC2CCNCC2)C[C@H]1CO. The smallest absolute Gasteiger partial charge is 0.222 e. The number of aliphatic hydroxyl groups excluding tert-OH is 1. The molecule has 0 radical (unpaired) electrons. The molecule has 2 heterocycles. The lowest BCUT2D eigenvalue weighted by molar-refractivity contribution is -0.131. The van der Waals surface area contributed by atoms with Gasteiger partial charge in [-0.25, -0.2) is 0 Å². The van der Waals surface area contributed by atoms with Crippen LogP contribution < -0.4 is 5.32 Å². The molecule has 98 valence electrons. The highest BCUT2D eigenvalue weighted by Crippen LogP contribution is 2.25. The maximum absolute atomic E-state index is 12.1. The van der Waals surface area contributed by atoms with Crippen LogP contribution in [0.15, 0.2) is 0 Å². The molecule has 0 aromatic heterocycles. The number of carbonyl (C=O) groups is 1. The lowest BCUT2D eigenvalue weighted by atomic mass is 9.94. The number of carbonyl (C=O) groups excluding carboxylic acids is 1. The molecule has 0 aliphatic carbocycles. The van der Waals surface area contributed by atoms with E-state index >= 15 is 0 Å². The van der Waals surface area contributed by atoms with Crippen molar-refractivity contribution in [1.29, 1.82) is 0 Å². The standard InChI is InChI=1S/C13H24N2O2/c1-10-7-15(8-12(10)9-16)13(17)6-11-2-4-14-5-3-11/h10-12,14,16H,2-9H2,1H3/t10-,12+/m1/s1. The first-order chi connectivity index (χ1) is 8.20. The number of likely N-dealkylation sites (tertiary alicyclic amines) is 1. The molecule has 0 bridgehead atoms. The van der Waals surface area contributed by atoms with E-state index in [9.17, 15) is 9.90 Å². The van der Waals surface area contributed by atoms with Crippen LogP contribution in [0.5, 0.6) is 0 Å². The van der Waals surface area contributed by atoms with Gasteiger partial charge in [0.15, 0.2) is 0 Å². The zero-order valence-corrected chi connectivity index (χ0v) is 10.7. The Labute approximate surface area is 103 Å². The third-order valence-electron chi connectivity index (χ3n) is 4.28. The zero-order chi connectivity index (χ0) is 12.3. The second-order valence-electron chi connectivity index (χ2n) is 5.62. The molecule has 0 aromatic rings. The Kier molecular flexibility index (Phi) is 4.40. The second kappa shape index (κ2) is 5.83. The normalized spacial score (nSPS) is 30.8. The maximum atomic E-state index is 12.1. The van der Waals surface area contributed by atoms with Crippen LogP contribution in [0.2, 0.25) is 0 Å². The molecule has 2 rings (SSSR count). The van der Waals surface area contributed by atoms with Crippen LogP contribution in [0, 0.1) is 17.8 Å². The number of nitrogens with zero attached hydrogens (tertiary/aromatic N) is 1. The largest absolute Gasteiger partial charge is 0.396 e. The Morgan fingerprint density at radius 1 is 1.35 bits per heavy atom. The molecular formula is C13H24N2O2. The van der Waals surface area contributed by atoms with Gasteiger partial charge in [0.2, 0.25) is 5.91 Å². The Morgan fingerprint density at radius 3 is 2.65 bits per heavy atom. The summed E-state index contributed by atoms with van der Waals surface area (Å²) in [7, 11) is 0. The predicted octanol–water partition coefficient (Wildman–Crippen LogP) is 0.463. The third kappa shape index (κ3) is 3.19. The van der Waals surface area contributed by atoms with E-state index < -0.39 is 0 Å². The van der Waals surface area contributed by atoms with Crippen molar-refractivity contribution in [2.24, 2.45) is 17.8 Å². The van der Waals surface area contributed by atoms with Crippen molar-refractivity contribution in [3.05, 3.63) is 0 Å². The molecule has 2 aliphatic heterocycles. The third-order valence-corrected chi connectivity index (χ3v) is 4.28. The lowest BCUT2D eigenvalue weighted by Gasteiger charge is -2.24. The van der Waals surface area contributed by atoms with Crippen molar-refractivity contribution in [2.45, 2.75) is 26.2 Å². The molecule has 2 atom stereocenters. The van der Waals surface area contributed by atoms with E-state index in [0.29, 0.717) is 24.2 Å². The highest BCUT2D eigenvalue weighted by molar-refractivity contribution is 5.76. The molecule has 17 heavy (non-hydrogen) atoms. The van der Waals surface area contributed by atoms with Crippen LogP contribution in [0.1, 0.15) is 26.2 Å². The quantitative estimate of drug-likeness (QED) is 0.753. The van der Waals surface area contributed by atoms with Gasteiger partial charge in [-0.15, -0.1) is 0 Å². The molecule has 0 unspecified atom stereocenters. The van der Waals surface area contributed by atoms with E-state index in [1.165, 1.54) is 0 Å². The monoisotopic (exact) mass is 240 g/mol. The Balaban J connectivity index is 1.80. The fourth-order valence-corrected chi connectivity index (χ4v) is 2.94. The summed E-state index contributed by atoms with van der Waals surface area (Å²) in [5.41, 5.74) is 0. The summed E-state index contributed by atoms with van der Waals surface area (Å²) in [4.78, 5) is 14.1. The first kappa shape index (κ1) is 12.8. The van der Waals surface area contributed by atoms with E-state index in [0.717, 1.165) is 39.0 Å². The molecule has 0 saturated carbocycles. The van der Waals surface area contributed by atoms with Gasteiger partial charge in [0, 0.05) is 32.0 Å². The Hall–Kier alpha value is -0.610. The number of piperidine rings is 1. The minimum Gasteiger partial charge on any atom is -0.396 e. The van der Waals surface area contributed by atoms with Gasteiger partial charge in [-0.3, -0.25) is 4.79 Å². The van der Waals surface area contributed by atoms with Crippen molar-refractivity contribution >= 4 is 5.91 Å². The van der Waals surface area contributed by atoms with Crippen LogP contribution in [0.3, 0.4) is 0 Å². The van der Waals surface area contributed by atoms with Crippen LogP contribution in [0.4, 0.5) is 0 Å². The van der Waals surface area contributed by atoms with E-state index in [4.69, 9.17) is 0 Å². The van der Waals surface area contributed by atoms with Gasteiger partial charge in [-0.05, 0) is 37.8 Å². The molecule has 0 aromatic carbocycles. The average Bonchev–Trinajstić information content (AvgIpc) is 2.72. The zero-order valence-electron chi connectivity index (χ0n) is 10.7. The van der Waals surface area contributed by atoms with E-state index in [1.807, 2.05) is 4.90 Å². The van der Waals surface area contributed by atoms with Gasteiger partial charge < -0.3 is 15.3 Å². The van der Waals surface area contributed by atoms with Crippen LogP contribution in [-0.2, 0) is 4.79 Å². The summed E-state index contributed by atoms with van der Waals surface area (Å²) in [6, 6.07) is 0. The number of hydrogen-bond donors (Lipinski definition) is 2. The molecule has 1 amide bonds. The number of rotatable bonds is 3. The number of nitrogens with one attached hydrogen (secondary N) is 1. The van der Waals surface area contributed by atoms with E-state index in [-0.39, 0.29) is 12.5 Å². The molecule has 4 nitrogen and oxygen atoms in total. The molecule has 2 aliphatic rings. The van der Waals surface area contributed by atoms with Crippen molar-refractivity contribution in [2.75, 3.05) is 32.8 Å². The number of aliphatic hydroxyl groups is 1. The van der Waals surface area contributed by atoms with E-state index in [2.05, 4.69) is 12.2 Å². The molecule has 2 fully saturated rings. The van der Waals surface area contributed by atoms with Crippen molar-refractivity contribution in [3.63, 3.8) is 0 Å². The summed E-state index contributed by atoms with van der Waals surface area (Å²) < 4.78 is 0. The minimum absolute atomic E-state index is 0.207. The van der Waals surface area contributed by atoms with Gasteiger partial charge in [-0.1, -0.05) is 6.92 Å². The Morgan fingerprint density at radius 2 is 2.06 bits per heavy atom. The minimum atomic E-state index is 0.207. The van der Waals surface area contributed by atoms with Crippen LogP contribution >= 0.6 is 0 Å². The first-order valence-electron chi connectivity index (χ1n) is 6.80. The van der Waals surface area contributed by atoms with Gasteiger partial charge in [0.1, 0.15) is 0 Å². The highest BCUT2D eigenvalue weighted by atomic mass is 16.3. The maximum Gasteiger partial charge on any atom is 0.222 e. The van der Waals surface area contributed by atoms with Crippen LogP contribution in [0.25, 0.3) is 0 Å². The molecule has 0 spiro atoms. The summed E-state index contributed by atoms with van der Waals surface area (Å²) in [6.45, 7) is 6.01. The fourth-order valence-electron chi connectivity index (χ4n) is 2.94. The second-order valence-corrected chi connectivity index (χ2v) is 5.62. The number of amides is 1. The van der Waals surface area contributed by atoms with Crippen molar-refractivity contribution in [1.82, 2.24) is 10.2 Å². The Bertz CT molecular complexity index is 264. The first-order valence-corrected chi connectivity index (χ1v) is 6.80. The molecular weight excluding hydrogens is 216 g/mol. The van der Waals surface area contributed by atoms with Gasteiger partial charge in [-0.2, -0.15) is 0 Å². The fraction of sp³-hybridized carbons (Fsp3) is 0.923. The summed E-state index contributed by atoms with van der Waals surface area (Å²) in [5.74, 6) is 1.58. The van der Waals surface area contributed by atoms with Crippen molar-refractivity contribution < 1.29 is 9.90 Å². The number of hydrogen-bond acceptors (Lipinski definition) is 3. The lowest BCUT2D eigenvalue weighted by Crippen LogP contribution is -2.34. The summed E-state index contributed by atoms with van der Waals surface area (Å²) in [5, 5.41) is 12.5. The van der Waals surface area contributed by atoms with Crippen LogP contribution in [-0.4, -0.2) is 48.7 Å². The molecule has 4 heteroatoms. The summed E-state index contributed by atoms with van der Waals surface area (Å²) in [6.07, 6.45) is 2.95. The van der Waals surface area contributed by atoms with E-state index in [1.54, 1.807) is 0 Å². The topological polar surface area (TPSA) is 52.6 Å². The average molecular weight is 240 g/mol. The summed E-state index contributed by atoms with van der Waals surface area (Å²) >= 11 is 0.